The number of rotatable bonds is 5. The molecule has 5 rings (SSSR count). The van der Waals surface area contributed by atoms with Crippen LogP contribution >= 0.6 is 11.6 Å². The van der Waals surface area contributed by atoms with E-state index >= 15 is 0 Å². The van der Waals surface area contributed by atoms with Crippen molar-refractivity contribution in [2.24, 2.45) is 5.92 Å². The number of nitrogens with zero attached hydrogens (tertiary/aromatic N) is 2. The molecule has 0 aromatic heterocycles. The third-order valence-corrected chi connectivity index (χ3v) is 7.03. The van der Waals surface area contributed by atoms with Gasteiger partial charge in [-0.1, -0.05) is 41.9 Å². The van der Waals surface area contributed by atoms with E-state index in [0.717, 1.165) is 30.1 Å². The molecule has 1 amide bonds. The van der Waals surface area contributed by atoms with Gasteiger partial charge in [0.15, 0.2) is 0 Å². The maximum atomic E-state index is 13.6. The molecule has 34 heavy (non-hydrogen) atoms. The van der Waals surface area contributed by atoms with Crippen molar-refractivity contribution < 1.29 is 13.9 Å². The number of amides is 1. The molecule has 2 heterocycles. The predicted octanol–water partition coefficient (Wildman–Crippen LogP) is 4.67. The zero-order chi connectivity index (χ0) is 23.7. The summed E-state index contributed by atoms with van der Waals surface area (Å²) in [5.74, 6) is 0.203. The van der Waals surface area contributed by atoms with Crippen molar-refractivity contribution in [2.45, 2.75) is 19.0 Å². The maximum absolute atomic E-state index is 13.6. The average molecular weight is 480 g/mol. The molecule has 0 saturated carbocycles. The van der Waals surface area contributed by atoms with Crippen molar-refractivity contribution in [3.05, 3.63) is 88.7 Å². The minimum atomic E-state index is -0.303. The summed E-state index contributed by atoms with van der Waals surface area (Å²) in [4.78, 5) is 18.1. The summed E-state index contributed by atoms with van der Waals surface area (Å²) < 4.78 is 19.2. The first kappa shape index (κ1) is 22.5. The lowest BCUT2D eigenvalue weighted by Crippen LogP contribution is -2.61. The van der Waals surface area contributed by atoms with E-state index in [2.05, 4.69) is 27.2 Å². The first-order valence-electron chi connectivity index (χ1n) is 11.5. The second kappa shape index (κ2) is 9.55. The number of benzene rings is 3. The van der Waals surface area contributed by atoms with Gasteiger partial charge in [-0.2, -0.15) is 0 Å². The van der Waals surface area contributed by atoms with Crippen LogP contribution in [0, 0.1) is 11.7 Å². The first-order valence-corrected chi connectivity index (χ1v) is 11.9. The third-order valence-electron chi connectivity index (χ3n) is 6.80. The van der Waals surface area contributed by atoms with E-state index in [4.69, 9.17) is 16.3 Å². The van der Waals surface area contributed by atoms with Gasteiger partial charge in [0, 0.05) is 36.9 Å². The highest BCUT2D eigenvalue weighted by Gasteiger charge is 2.41. The fourth-order valence-electron chi connectivity index (χ4n) is 5.15. The number of carbonyl (C=O) groups excluding carboxylic acids is 1. The molecule has 3 aromatic carbocycles. The lowest BCUT2D eigenvalue weighted by molar-refractivity contribution is -0.126. The molecule has 0 radical (unpaired) electrons. The van der Waals surface area contributed by atoms with Gasteiger partial charge >= 0.3 is 0 Å². The Hall–Kier alpha value is -3.25. The summed E-state index contributed by atoms with van der Waals surface area (Å²) in [7, 11) is 1.66. The molecular weight excluding hydrogens is 453 g/mol. The highest BCUT2D eigenvalue weighted by atomic mass is 35.5. The van der Waals surface area contributed by atoms with Crippen molar-refractivity contribution in [1.29, 1.82) is 0 Å². The average Bonchev–Trinajstić information content (AvgIpc) is 2.86. The Morgan fingerprint density at radius 1 is 1.09 bits per heavy atom. The van der Waals surface area contributed by atoms with Gasteiger partial charge in [-0.05, 0) is 53.9 Å². The normalized spacial score (nSPS) is 19.3. The van der Waals surface area contributed by atoms with E-state index in [1.165, 1.54) is 23.4 Å². The SMILES string of the molecule is COc1ccc(Cl)cc1N1CCN2c3ccccc3C[C@@H](C(=O)NCc3cccc(F)c3)[C@H]2C1. The van der Waals surface area contributed by atoms with Crippen molar-refractivity contribution in [3.63, 3.8) is 0 Å². The zero-order valence-electron chi connectivity index (χ0n) is 19.0. The smallest absolute Gasteiger partial charge is 0.225 e. The Kier molecular flexibility index (Phi) is 6.33. The Labute approximate surface area is 204 Å². The van der Waals surface area contributed by atoms with Crippen molar-refractivity contribution >= 4 is 28.9 Å². The number of anilines is 2. The van der Waals surface area contributed by atoms with Crippen LogP contribution in [0.2, 0.25) is 5.02 Å². The number of halogens is 2. The minimum absolute atomic E-state index is 0.0140. The predicted molar refractivity (Wildman–Crippen MR) is 133 cm³/mol. The molecular formula is C27H27ClFN3O2. The van der Waals surface area contributed by atoms with E-state index in [9.17, 15) is 9.18 Å². The van der Waals surface area contributed by atoms with E-state index in [1.54, 1.807) is 13.2 Å². The number of hydrogen-bond donors (Lipinski definition) is 1. The Balaban J connectivity index is 1.42. The number of hydrogen-bond acceptors (Lipinski definition) is 4. The zero-order valence-corrected chi connectivity index (χ0v) is 19.8. The molecule has 0 spiro atoms. The van der Waals surface area contributed by atoms with Crippen LogP contribution in [-0.2, 0) is 17.8 Å². The van der Waals surface area contributed by atoms with E-state index in [1.807, 2.05) is 36.4 Å². The first-order chi connectivity index (χ1) is 16.5. The second-order valence-corrected chi connectivity index (χ2v) is 9.25. The van der Waals surface area contributed by atoms with E-state index in [-0.39, 0.29) is 23.7 Å². The van der Waals surface area contributed by atoms with Crippen molar-refractivity contribution in [2.75, 3.05) is 36.5 Å². The molecule has 0 unspecified atom stereocenters. The van der Waals surface area contributed by atoms with Crippen LogP contribution in [-0.4, -0.2) is 38.7 Å². The number of piperazine rings is 1. The molecule has 2 aliphatic heterocycles. The molecule has 5 nitrogen and oxygen atoms in total. The molecule has 0 bridgehead atoms. The number of fused-ring (bicyclic) bond motifs is 3. The lowest BCUT2D eigenvalue weighted by Gasteiger charge is -2.49. The van der Waals surface area contributed by atoms with Gasteiger partial charge in [-0.25, -0.2) is 4.39 Å². The maximum Gasteiger partial charge on any atom is 0.225 e. The van der Waals surface area contributed by atoms with Gasteiger partial charge in [-0.3, -0.25) is 4.79 Å². The molecule has 7 heteroatoms. The van der Waals surface area contributed by atoms with Gasteiger partial charge in [0.2, 0.25) is 5.91 Å². The van der Waals surface area contributed by atoms with E-state index in [0.29, 0.717) is 24.5 Å². The van der Waals surface area contributed by atoms with Crippen LogP contribution in [0.1, 0.15) is 11.1 Å². The quantitative estimate of drug-likeness (QED) is 0.577. The van der Waals surface area contributed by atoms with Gasteiger partial charge in [0.25, 0.3) is 0 Å². The van der Waals surface area contributed by atoms with Gasteiger partial charge in [0.05, 0.1) is 24.8 Å². The molecule has 1 fully saturated rings. The minimum Gasteiger partial charge on any atom is -0.495 e. The summed E-state index contributed by atoms with van der Waals surface area (Å²) in [6.45, 7) is 2.54. The number of carbonyl (C=O) groups is 1. The summed E-state index contributed by atoms with van der Waals surface area (Å²) in [5, 5.41) is 3.70. The second-order valence-electron chi connectivity index (χ2n) is 8.81. The van der Waals surface area contributed by atoms with Gasteiger partial charge < -0.3 is 19.9 Å². The van der Waals surface area contributed by atoms with Crippen molar-refractivity contribution in [1.82, 2.24) is 5.32 Å². The third kappa shape index (κ3) is 4.42. The van der Waals surface area contributed by atoms with Crippen LogP contribution in [0.25, 0.3) is 0 Å². The van der Waals surface area contributed by atoms with Crippen LogP contribution in [0.5, 0.6) is 5.75 Å². The largest absolute Gasteiger partial charge is 0.495 e. The number of methoxy groups -OCH3 is 1. The van der Waals surface area contributed by atoms with Crippen LogP contribution < -0.4 is 19.9 Å². The Bertz CT molecular complexity index is 1200. The fraction of sp³-hybridized carbons (Fsp3) is 0.296. The standard InChI is InChI=1S/C27H27ClFN3O2/c1-34-26-10-9-20(28)15-24(26)31-11-12-32-23-8-3-2-6-19(23)14-22(25(32)17-31)27(33)30-16-18-5-4-7-21(29)13-18/h2-10,13,15,22,25H,11-12,14,16-17H2,1H3,(H,30,33)/t22-,25-/m1/s1. The topological polar surface area (TPSA) is 44.8 Å². The van der Waals surface area contributed by atoms with Gasteiger partial charge in [-0.15, -0.1) is 0 Å². The molecule has 2 aliphatic rings. The molecule has 0 aliphatic carbocycles. The summed E-state index contributed by atoms with van der Waals surface area (Å²) >= 11 is 6.30. The highest BCUT2D eigenvalue weighted by Crippen LogP contribution is 2.39. The Morgan fingerprint density at radius 3 is 2.76 bits per heavy atom. The number of ether oxygens (including phenoxy) is 1. The summed E-state index contributed by atoms with van der Waals surface area (Å²) in [5.41, 5.74) is 4.06. The van der Waals surface area contributed by atoms with Crippen LogP contribution in [0.15, 0.2) is 66.7 Å². The van der Waals surface area contributed by atoms with Crippen LogP contribution in [0.3, 0.4) is 0 Å². The highest BCUT2D eigenvalue weighted by molar-refractivity contribution is 6.31. The lowest BCUT2D eigenvalue weighted by atomic mass is 9.83. The van der Waals surface area contributed by atoms with E-state index < -0.39 is 0 Å². The summed E-state index contributed by atoms with van der Waals surface area (Å²) in [6, 6.07) is 20.3. The van der Waals surface area contributed by atoms with Crippen LogP contribution in [0.4, 0.5) is 15.8 Å². The molecule has 2 atom stereocenters. The Morgan fingerprint density at radius 2 is 1.94 bits per heavy atom. The molecule has 176 valence electrons. The molecule has 1 saturated heterocycles. The molecule has 1 N–H and O–H groups in total. The van der Waals surface area contributed by atoms with Crippen molar-refractivity contribution in [3.8, 4) is 5.75 Å². The number of nitrogens with one attached hydrogen (secondary N) is 1. The van der Waals surface area contributed by atoms with Gasteiger partial charge in [0.1, 0.15) is 11.6 Å². The monoisotopic (exact) mass is 479 g/mol. The summed E-state index contributed by atoms with van der Waals surface area (Å²) in [6.07, 6.45) is 0.660. The number of para-hydroxylation sites is 1. The fourth-order valence-corrected chi connectivity index (χ4v) is 5.32. The molecule has 3 aromatic rings.